The predicted molar refractivity (Wildman–Crippen MR) is 92.4 cm³/mol. The Balaban J connectivity index is 1.97. The van der Waals surface area contributed by atoms with Crippen LogP contribution in [0.1, 0.15) is 11.1 Å². The molecule has 0 amide bonds. The Labute approximate surface area is 161 Å². The van der Waals surface area contributed by atoms with Gasteiger partial charge in [-0.15, -0.1) is 0 Å². The minimum atomic E-state index is -3.81. The van der Waals surface area contributed by atoms with E-state index in [0.717, 1.165) is 29.8 Å². The molecule has 1 nitrogen and oxygen atoms in total. The molecule has 0 radical (unpaired) electrons. The van der Waals surface area contributed by atoms with E-state index in [1.807, 2.05) is 0 Å². The van der Waals surface area contributed by atoms with Crippen LogP contribution >= 0.6 is 11.6 Å². The lowest BCUT2D eigenvalue weighted by Gasteiger charge is -2.20. The Bertz CT molecular complexity index is 1010. The largest absolute Gasteiger partial charge is 0.427 e. The van der Waals surface area contributed by atoms with Crippen molar-refractivity contribution >= 4 is 11.6 Å². The van der Waals surface area contributed by atoms with E-state index in [-0.39, 0.29) is 5.56 Å². The summed E-state index contributed by atoms with van der Waals surface area (Å²) in [5, 5.41) is -0.811. The highest BCUT2D eigenvalue weighted by molar-refractivity contribution is 6.32. The molecule has 0 heterocycles. The Morgan fingerprint density at radius 3 is 1.96 bits per heavy atom. The van der Waals surface area contributed by atoms with Crippen molar-refractivity contribution in [3.8, 4) is 16.9 Å². The molecule has 0 fully saturated rings. The lowest BCUT2D eigenvalue weighted by atomic mass is 10.0. The first-order chi connectivity index (χ1) is 13.1. The smallest absolute Gasteiger partial charge is 0.426 e. The Hall–Kier alpha value is -2.67. The molecule has 146 valence electrons. The standard InChI is InChI=1S/C20H11ClF6O/c1-10-2-4-12(5-3-10)20(26,27)28-16-7-6-13(18(24)17(16)21)11-8-14(22)19(25)15(23)9-11/h2-9H,1H3. The number of ether oxygens (including phenoxy) is 1. The second-order valence-corrected chi connectivity index (χ2v) is 6.36. The first-order valence-electron chi connectivity index (χ1n) is 7.87. The normalized spacial score (nSPS) is 11.6. The first-order valence-corrected chi connectivity index (χ1v) is 8.25. The molecule has 0 atom stereocenters. The zero-order valence-corrected chi connectivity index (χ0v) is 14.9. The van der Waals surface area contributed by atoms with Crippen molar-refractivity contribution in [2.24, 2.45) is 0 Å². The molecule has 8 heteroatoms. The van der Waals surface area contributed by atoms with Gasteiger partial charge in [0.15, 0.2) is 23.3 Å². The lowest BCUT2D eigenvalue weighted by Crippen LogP contribution is -2.22. The number of aryl methyl sites for hydroxylation is 1. The van der Waals surface area contributed by atoms with E-state index in [0.29, 0.717) is 12.1 Å². The van der Waals surface area contributed by atoms with Crippen LogP contribution in [0.5, 0.6) is 5.75 Å². The number of alkyl halides is 2. The van der Waals surface area contributed by atoms with Crippen LogP contribution in [-0.4, -0.2) is 0 Å². The molecule has 0 unspecified atom stereocenters. The Morgan fingerprint density at radius 2 is 1.39 bits per heavy atom. The van der Waals surface area contributed by atoms with Crippen LogP contribution < -0.4 is 4.74 Å². The first kappa shape index (κ1) is 20.1. The highest BCUT2D eigenvalue weighted by atomic mass is 35.5. The fourth-order valence-electron chi connectivity index (χ4n) is 2.49. The molecule has 0 bridgehead atoms. The highest BCUT2D eigenvalue weighted by Gasteiger charge is 2.35. The van der Waals surface area contributed by atoms with Crippen molar-refractivity contribution in [2.75, 3.05) is 0 Å². The van der Waals surface area contributed by atoms with Gasteiger partial charge < -0.3 is 4.74 Å². The van der Waals surface area contributed by atoms with Gasteiger partial charge in [-0.1, -0.05) is 29.3 Å². The van der Waals surface area contributed by atoms with Crippen LogP contribution in [0.4, 0.5) is 26.3 Å². The summed E-state index contributed by atoms with van der Waals surface area (Å²) in [6, 6.07) is 8.22. The third-order valence-corrected chi connectivity index (χ3v) is 4.32. The second kappa shape index (κ2) is 7.39. The summed E-state index contributed by atoms with van der Waals surface area (Å²) in [6.07, 6.45) is -3.81. The number of hydrogen-bond donors (Lipinski definition) is 0. The SMILES string of the molecule is Cc1ccc(C(F)(F)Oc2ccc(-c3cc(F)c(F)c(F)c3)c(F)c2Cl)cc1. The van der Waals surface area contributed by atoms with E-state index in [9.17, 15) is 26.3 Å². The fourth-order valence-corrected chi connectivity index (χ4v) is 2.69. The molecular formula is C20H11ClF6O. The minimum Gasteiger partial charge on any atom is -0.427 e. The summed E-state index contributed by atoms with van der Waals surface area (Å²) in [7, 11) is 0. The van der Waals surface area contributed by atoms with Gasteiger partial charge in [0, 0.05) is 5.56 Å². The van der Waals surface area contributed by atoms with Crippen LogP contribution in [0, 0.1) is 30.2 Å². The van der Waals surface area contributed by atoms with Crippen LogP contribution in [0.2, 0.25) is 5.02 Å². The van der Waals surface area contributed by atoms with Gasteiger partial charge in [0.25, 0.3) is 0 Å². The molecule has 0 aliphatic rings. The zero-order valence-electron chi connectivity index (χ0n) is 14.2. The quantitative estimate of drug-likeness (QED) is 0.328. The van der Waals surface area contributed by atoms with Gasteiger partial charge in [-0.2, -0.15) is 8.78 Å². The minimum absolute atomic E-state index is 0.354. The number of hydrogen-bond acceptors (Lipinski definition) is 1. The van der Waals surface area contributed by atoms with E-state index in [4.69, 9.17) is 11.6 Å². The average Bonchev–Trinajstić information content (AvgIpc) is 2.63. The number of halogens is 7. The van der Waals surface area contributed by atoms with E-state index in [1.165, 1.54) is 12.1 Å². The van der Waals surface area contributed by atoms with E-state index >= 15 is 0 Å². The van der Waals surface area contributed by atoms with Crippen molar-refractivity contribution in [1.29, 1.82) is 0 Å². The topological polar surface area (TPSA) is 9.23 Å². The molecule has 0 saturated heterocycles. The molecule has 28 heavy (non-hydrogen) atoms. The van der Waals surface area contributed by atoms with Gasteiger partial charge >= 0.3 is 6.11 Å². The van der Waals surface area contributed by atoms with Crippen LogP contribution in [0.25, 0.3) is 11.1 Å². The summed E-state index contributed by atoms with van der Waals surface area (Å²) in [6.45, 7) is 1.72. The summed E-state index contributed by atoms with van der Waals surface area (Å²) in [5.41, 5.74) is -0.477. The summed E-state index contributed by atoms with van der Waals surface area (Å²) in [4.78, 5) is 0. The Kier molecular flexibility index (Phi) is 5.30. The van der Waals surface area contributed by atoms with Crippen molar-refractivity contribution < 1.29 is 31.1 Å². The number of benzene rings is 3. The average molecular weight is 417 g/mol. The van der Waals surface area contributed by atoms with Gasteiger partial charge in [-0.05, 0) is 48.9 Å². The number of rotatable bonds is 4. The van der Waals surface area contributed by atoms with Crippen molar-refractivity contribution in [2.45, 2.75) is 13.0 Å². The Morgan fingerprint density at radius 1 is 0.821 bits per heavy atom. The maximum atomic E-state index is 14.5. The molecule has 0 N–H and O–H groups in total. The molecule has 0 aliphatic carbocycles. The maximum Gasteiger partial charge on any atom is 0.426 e. The van der Waals surface area contributed by atoms with Gasteiger partial charge in [0.05, 0.1) is 5.56 Å². The molecule has 3 aromatic carbocycles. The van der Waals surface area contributed by atoms with Crippen molar-refractivity contribution in [3.05, 3.63) is 87.9 Å². The molecular weight excluding hydrogens is 406 g/mol. The zero-order chi connectivity index (χ0) is 20.6. The fraction of sp³-hybridized carbons (Fsp3) is 0.100. The van der Waals surface area contributed by atoms with Gasteiger partial charge in [0.2, 0.25) is 0 Å². The van der Waals surface area contributed by atoms with E-state index in [2.05, 4.69) is 4.74 Å². The third kappa shape index (κ3) is 3.80. The van der Waals surface area contributed by atoms with E-state index in [1.54, 1.807) is 6.92 Å². The highest BCUT2D eigenvalue weighted by Crippen LogP contribution is 2.39. The molecule has 0 spiro atoms. The second-order valence-electron chi connectivity index (χ2n) is 5.98. The van der Waals surface area contributed by atoms with Crippen molar-refractivity contribution in [3.63, 3.8) is 0 Å². The lowest BCUT2D eigenvalue weighted by molar-refractivity contribution is -0.185. The monoisotopic (exact) mass is 416 g/mol. The third-order valence-electron chi connectivity index (χ3n) is 3.97. The predicted octanol–water partition coefficient (Wildman–Crippen LogP) is 7.00. The maximum absolute atomic E-state index is 14.5. The molecule has 0 aromatic heterocycles. The molecule has 3 aromatic rings. The van der Waals surface area contributed by atoms with Gasteiger partial charge in [-0.25, -0.2) is 17.6 Å². The van der Waals surface area contributed by atoms with Crippen molar-refractivity contribution in [1.82, 2.24) is 0 Å². The van der Waals surface area contributed by atoms with Crippen LogP contribution in [-0.2, 0) is 6.11 Å². The molecule has 3 rings (SSSR count). The van der Waals surface area contributed by atoms with Crippen LogP contribution in [0.15, 0.2) is 48.5 Å². The summed E-state index contributed by atoms with van der Waals surface area (Å²) in [5.74, 6) is -6.69. The van der Waals surface area contributed by atoms with Gasteiger partial charge in [-0.3, -0.25) is 0 Å². The molecule has 0 aliphatic heterocycles. The summed E-state index contributed by atoms with van der Waals surface area (Å²) < 4.78 is 87.6. The van der Waals surface area contributed by atoms with Crippen LogP contribution in [0.3, 0.4) is 0 Å². The molecule has 0 saturated carbocycles. The van der Waals surface area contributed by atoms with Gasteiger partial charge in [0.1, 0.15) is 10.8 Å². The summed E-state index contributed by atoms with van der Waals surface area (Å²) >= 11 is 5.78. The van der Waals surface area contributed by atoms with E-state index < -0.39 is 51.3 Å².